The Labute approximate surface area is 163 Å². The molecule has 0 aromatic rings. The first-order chi connectivity index (χ1) is 13.2. The number of rotatable bonds is 4. The number of fused-ring (bicyclic) bond motifs is 2. The number of carbonyl (C=O) groups is 2. The van der Waals surface area contributed by atoms with Gasteiger partial charge in [-0.1, -0.05) is 12.2 Å². The zero-order valence-corrected chi connectivity index (χ0v) is 16.6. The minimum Gasteiger partial charge on any atom is -0.316 e. The second kappa shape index (κ2) is 8.62. The highest BCUT2D eigenvalue weighted by Crippen LogP contribution is 2.36. The fraction of sp³-hybridized carbons (Fsp3) is 0.739. The zero-order chi connectivity index (χ0) is 18.6. The number of hydrogen-bond donors (Lipinski definition) is 0. The van der Waals surface area contributed by atoms with Crippen molar-refractivity contribution in [1.29, 1.82) is 0 Å². The molecule has 4 heteroatoms. The fourth-order valence-electron chi connectivity index (χ4n) is 5.55. The van der Waals surface area contributed by atoms with Gasteiger partial charge < -0.3 is 9.80 Å². The van der Waals surface area contributed by atoms with E-state index in [0.29, 0.717) is 31.1 Å². The molecule has 4 nitrogen and oxygen atoms in total. The Hall–Kier alpha value is -1.58. The van der Waals surface area contributed by atoms with Crippen LogP contribution in [0.25, 0.3) is 0 Å². The highest BCUT2D eigenvalue weighted by molar-refractivity contribution is 5.81. The fourth-order valence-corrected chi connectivity index (χ4v) is 5.55. The minimum absolute atomic E-state index is 0.231. The lowest BCUT2D eigenvalue weighted by molar-refractivity contribution is -0.132. The molecular weight excluding hydrogens is 336 g/mol. The van der Waals surface area contributed by atoms with Crippen molar-refractivity contribution in [3.63, 3.8) is 0 Å². The molecule has 2 amide bonds. The molecule has 0 radical (unpaired) electrons. The minimum atomic E-state index is 0.231. The summed E-state index contributed by atoms with van der Waals surface area (Å²) >= 11 is 0. The molecule has 2 fully saturated rings. The van der Waals surface area contributed by atoms with E-state index in [1.165, 1.54) is 49.9 Å². The van der Waals surface area contributed by atoms with Crippen LogP contribution >= 0.6 is 0 Å². The van der Waals surface area contributed by atoms with Crippen molar-refractivity contribution in [1.82, 2.24) is 9.80 Å². The average molecular weight is 371 g/mol. The first-order valence-corrected chi connectivity index (χ1v) is 11.2. The molecule has 0 aromatic heterocycles. The highest BCUT2D eigenvalue weighted by atomic mass is 16.2. The van der Waals surface area contributed by atoms with E-state index in [-0.39, 0.29) is 11.8 Å². The van der Waals surface area contributed by atoms with Crippen LogP contribution in [0.3, 0.4) is 0 Å². The number of nitrogens with zero attached hydrogens (tertiary/aromatic N) is 2. The quantitative estimate of drug-likeness (QED) is 0.715. The van der Waals surface area contributed by atoms with Gasteiger partial charge >= 0.3 is 0 Å². The molecule has 4 aliphatic rings. The normalized spacial score (nSPS) is 28.0. The Balaban J connectivity index is 1.29. The summed E-state index contributed by atoms with van der Waals surface area (Å²) in [5.74, 6) is 1.66. The zero-order valence-electron chi connectivity index (χ0n) is 16.6. The maximum Gasteiger partial charge on any atom is 0.226 e. The molecule has 148 valence electrons. The van der Waals surface area contributed by atoms with Crippen molar-refractivity contribution in [2.75, 3.05) is 13.1 Å². The van der Waals surface area contributed by atoms with Crippen molar-refractivity contribution < 1.29 is 9.59 Å². The standard InChI is InChI=1S/C23H34N2O2/c26-22(24-16-6-10-18-8-1-3-12-20(18)24)14-5-15-23(27)25-17-7-11-19-9-2-4-13-21(19)25/h12-13,18-19H,1-11,14-17H2. The lowest BCUT2D eigenvalue weighted by atomic mass is 9.84. The molecule has 0 saturated carbocycles. The number of allylic oxidation sites excluding steroid dienone is 4. The van der Waals surface area contributed by atoms with Gasteiger partial charge in [0.05, 0.1) is 0 Å². The highest BCUT2D eigenvalue weighted by Gasteiger charge is 2.31. The van der Waals surface area contributed by atoms with E-state index in [9.17, 15) is 9.59 Å². The Morgan fingerprint density at radius 1 is 0.741 bits per heavy atom. The van der Waals surface area contributed by atoms with Gasteiger partial charge in [0, 0.05) is 37.3 Å². The Morgan fingerprint density at radius 3 is 1.67 bits per heavy atom. The molecule has 4 rings (SSSR count). The van der Waals surface area contributed by atoms with Crippen LogP contribution in [-0.2, 0) is 9.59 Å². The Bertz CT molecular complexity index is 582. The summed E-state index contributed by atoms with van der Waals surface area (Å²) in [4.78, 5) is 29.7. The lowest BCUT2D eigenvalue weighted by Crippen LogP contribution is -2.40. The Kier molecular flexibility index (Phi) is 5.99. The van der Waals surface area contributed by atoms with Gasteiger partial charge in [-0.05, 0) is 82.5 Å². The summed E-state index contributed by atoms with van der Waals surface area (Å²) in [5, 5.41) is 0. The predicted octanol–water partition coefficient (Wildman–Crippen LogP) is 4.77. The predicted molar refractivity (Wildman–Crippen MR) is 107 cm³/mol. The molecule has 2 aliphatic heterocycles. The third kappa shape index (κ3) is 4.14. The van der Waals surface area contributed by atoms with Crippen molar-refractivity contribution in [3.05, 3.63) is 23.5 Å². The van der Waals surface area contributed by atoms with Crippen LogP contribution in [-0.4, -0.2) is 34.7 Å². The van der Waals surface area contributed by atoms with Gasteiger partial charge in [0.15, 0.2) is 0 Å². The number of piperidine rings is 2. The first kappa shape index (κ1) is 18.8. The molecule has 0 bridgehead atoms. The summed E-state index contributed by atoms with van der Waals surface area (Å²) in [6, 6.07) is 0. The van der Waals surface area contributed by atoms with E-state index in [1.807, 2.05) is 9.80 Å². The van der Waals surface area contributed by atoms with Gasteiger partial charge in [0.1, 0.15) is 0 Å². The third-order valence-electron chi connectivity index (χ3n) is 6.93. The average Bonchev–Trinajstić information content (AvgIpc) is 2.72. The van der Waals surface area contributed by atoms with Crippen LogP contribution in [0.5, 0.6) is 0 Å². The second-order valence-electron chi connectivity index (χ2n) is 8.74. The van der Waals surface area contributed by atoms with Gasteiger partial charge in [0.2, 0.25) is 11.8 Å². The van der Waals surface area contributed by atoms with Gasteiger partial charge in [-0.2, -0.15) is 0 Å². The monoisotopic (exact) mass is 370 g/mol. The van der Waals surface area contributed by atoms with Crippen LogP contribution in [0.1, 0.15) is 83.5 Å². The molecule has 0 spiro atoms. The molecule has 2 saturated heterocycles. The maximum atomic E-state index is 12.8. The molecule has 2 aliphatic carbocycles. The summed E-state index contributed by atoms with van der Waals surface area (Å²) in [7, 11) is 0. The smallest absolute Gasteiger partial charge is 0.226 e. The third-order valence-corrected chi connectivity index (χ3v) is 6.93. The summed E-state index contributed by atoms with van der Waals surface area (Å²) in [5.41, 5.74) is 2.57. The van der Waals surface area contributed by atoms with E-state index in [1.54, 1.807) is 0 Å². The molecule has 2 unspecified atom stereocenters. The molecule has 2 atom stereocenters. The second-order valence-corrected chi connectivity index (χ2v) is 8.74. The molecule has 0 aromatic carbocycles. The number of hydrogen-bond acceptors (Lipinski definition) is 2. The van der Waals surface area contributed by atoms with Gasteiger partial charge in [-0.3, -0.25) is 9.59 Å². The van der Waals surface area contributed by atoms with Crippen LogP contribution in [0.15, 0.2) is 23.5 Å². The molecule has 27 heavy (non-hydrogen) atoms. The molecule has 0 N–H and O–H groups in total. The van der Waals surface area contributed by atoms with E-state index >= 15 is 0 Å². The summed E-state index contributed by atoms with van der Waals surface area (Å²) in [6.45, 7) is 1.74. The van der Waals surface area contributed by atoms with Crippen molar-refractivity contribution in [2.24, 2.45) is 11.8 Å². The Morgan fingerprint density at radius 2 is 1.19 bits per heavy atom. The first-order valence-electron chi connectivity index (χ1n) is 11.2. The summed E-state index contributed by atoms with van der Waals surface area (Å²) < 4.78 is 0. The van der Waals surface area contributed by atoms with E-state index in [4.69, 9.17) is 0 Å². The largest absolute Gasteiger partial charge is 0.316 e. The van der Waals surface area contributed by atoms with Crippen LogP contribution < -0.4 is 0 Å². The number of amides is 2. The molecular formula is C23H34N2O2. The van der Waals surface area contributed by atoms with Crippen LogP contribution in [0.2, 0.25) is 0 Å². The van der Waals surface area contributed by atoms with Crippen LogP contribution in [0, 0.1) is 11.8 Å². The lowest BCUT2D eigenvalue weighted by Gasteiger charge is -2.38. The van der Waals surface area contributed by atoms with Crippen molar-refractivity contribution in [2.45, 2.75) is 83.5 Å². The summed E-state index contributed by atoms with van der Waals surface area (Å²) in [6.07, 6.45) is 18.2. The van der Waals surface area contributed by atoms with E-state index in [2.05, 4.69) is 12.2 Å². The topological polar surface area (TPSA) is 40.6 Å². The van der Waals surface area contributed by atoms with Crippen molar-refractivity contribution in [3.8, 4) is 0 Å². The SMILES string of the molecule is O=C(CCCC(=O)N1CCCC2CCCC=C21)N1CCCC2CCCC=C21. The number of carbonyl (C=O) groups excluding carboxylic acids is 2. The maximum absolute atomic E-state index is 12.8. The number of likely N-dealkylation sites (tertiary alicyclic amines) is 2. The van der Waals surface area contributed by atoms with Gasteiger partial charge in [-0.25, -0.2) is 0 Å². The van der Waals surface area contributed by atoms with Crippen molar-refractivity contribution >= 4 is 11.8 Å². The van der Waals surface area contributed by atoms with E-state index in [0.717, 1.165) is 38.8 Å². The van der Waals surface area contributed by atoms with Gasteiger partial charge in [0.25, 0.3) is 0 Å². The van der Waals surface area contributed by atoms with E-state index < -0.39 is 0 Å². The van der Waals surface area contributed by atoms with Crippen LogP contribution in [0.4, 0.5) is 0 Å². The van der Waals surface area contributed by atoms with Gasteiger partial charge in [-0.15, -0.1) is 0 Å². The molecule has 2 heterocycles.